The highest BCUT2D eigenvalue weighted by atomic mass is 35.5. The van der Waals surface area contributed by atoms with Crippen LogP contribution in [0.1, 0.15) is 37.7 Å². The number of rotatable bonds is 4. The monoisotopic (exact) mass is 268 g/mol. The molecule has 0 radical (unpaired) electrons. The first kappa shape index (κ1) is 13.9. The van der Waals surface area contributed by atoms with Gasteiger partial charge in [0.05, 0.1) is 11.7 Å². The molecule has 1 saturated carbocycles. The lowest BCUT2D eigenvalue weighted by atomic mass is 9.78. The molecule has 0 heterocycles. The van der Waals surface area contributed by atoms with Crippen LogP contribution in [0, 0.1) is 0 Å². The third kappa shape index (κ3) is 3.05. The van der Waals surface area contributed by atoms with Crippen molar-refractivity contribution in [2.45, 2.75) is 50.2 Å². The minimum Gasteiger partial charge on any atom is -0.390 e. The van der Waals surface area contributed by atoms with Crippen LogP contribution in [-0.4, -0.2) is 23.9 Å². The molecule has 0 bridgehead atoms. The van der Waals surface area contributed by atoms with Gasteiger partial charge in [-0.2, -0.15) is 0 Å². The number of aliphatic hydroxyl groups is 1. The summed E-state index contributed by atoms with van der Waals surface area (Å²) in [5, 5.41) is 11.2. The Balaban J connectivity index is 2.05. The predicted octanol–water partition coefficient (Wildman–Crippen LogP) is 3.59. The normalized spacial score (nSPS) is 20.6. The lowest BCUT2D eigenvalue weighted by Crippen LogP contribution is -2.46. The highest BCUT2D eigenvalue weighted by molar-refractivity contribution is 6.30. The maximum absolute atomic E-state index is 10.5. The molecule has 0 aromatic heterocycles. The maximum Gasteiger partial charge on any atom is 0.0939 e. The van der Waals surface area contributed by atoms with E-state index in [0.29, 0.717) is 6.42 Å². The second kappa shape index (κ2) is 6.05. The Morgan fingerprint density at radius 1 is 1.22 bits per heavy atom. The van der Waals surface area contributed by atoms with E-state index in [1.165, 1.54) is 6.42 Å². The van der Waals surface area contributed by atoms with Crippen molar-refractivity contribution in [1.82, 2.24) is 0 Å². The van der Waals surface area contributed by atoms with Crippen molar-refractivity contribution in [3.63, 3.8) is 0 Å². The van der Waals surface area contributed by atoms with Crippen molar-refractivity contribution in [3.05, 3.63) is 34.9 Å². The molecule has 1 unspecified atom stereocenters. The summed E-state index contributed by atoms with van der Waals surface area (Å²) in [6, 6.07) is 7.67. The second-order valence-electron chi connectivity index (χ2n) is 5.18. The molecular formula is C15H21ClO2. The van der Waals surface area contributed by atoms with Crippen LogP contribution < -0.4 is 0 Å². The first-order valence-electron chi connectivity index (χ1n) is 6.64. The van der Waals surface area contributed by atoms with Crippen molar-refractivity contribution in [2.75, 3.05) is 7.11 Å². The van der Waals surface area contributed by atoms with E-state index in [0.717, 1.165) is 36.3 Å². The van der Waals surface area contributed by atoms with Gasteiger partial charge in [0, 0.05) is 18.6 Å². The van der Waals surface area contributed by atoms with Crippen LogP contribution in [0.25, 0.3) is 0 Å². The smallest absolute Gasteiger partial charge is 0.0939 e. The fraction of sp³-hybridized carbons (Fsp3) is 0.600. The number of aliphatic hydroxyl groups excluding tert-OH is 1. The molecule has 0 aliphatic heterocycles. The lowest BCUT2D eigenvalue weighted by Gasteiger charge is -2.40. The minimum absolute atomic E-state index is 0.349. The van der Waals surface area contributed by atoms with Crippen molar-refractivity contribution in [2.24, 2.45) is 0 Å². The molecule has 1 aromatic carbocycles. The average molecular weight is 269 g/mol. The third-order valence-corrected chi connectivity index (χ3v) is 4.31. The minimum atomic E-state index is -0.441. The largest absolute Gasteiger partial charge is 0.390 e. The van der Waals surface area contributed by atoms with E-state index >= 15 is 0 Å². The quantitative estimate of drug-likeness (QED) is 0.904. The van der Waals surface area contributed by atoms with Gasteiger partial charge >= 0.3 is 0 Å². The van der Waals surface area contributed by atoms with Gasteiger partial charge in [-0.1, -0.05) is 43.0 Å². The molecule has 18 heavy (non-hydrogen) atoms. The van der Waals surface area contributed by atoms with E-state index in [4.69, 9.17) is 16.3 Å². The Hall–Kier alpha value is -0.570. The summed E-state index contributed by atoms with van der Waals surface area (Å²) < 4.78 is 5.66. The molecule has 1 N–H and O–H groups in total. The summed E-state index contributed by atoms with van der Waals surface area (Å²) in [6.45, 7) is 0. The Morgan fingerprint density at radius 3 is 2.39 bits per heavy atom. The zero-order valence-electron chi connectivity index (χ0n) is 10.9. The van der Waals surface area contributed by atoms with E-state index in [-0.39, 0.29) is 5.60 Å². The summed E-state index contributed by atoms with van der Waals surface area (Å²) in [5.41, 5.74) is 0.756. The topological polar surface area (TPSA) is 29.5 Å². The fourth-order valence-electron chi connectivity index (χ4n) is 2.85. The van der Waals surface area contributed by atoms with E-state index in [1.807, 2.05) is 24.3 Å². The highest BCUT2D eigenvalue weighted by Crippen LogP contribution is 2.35. The molecular weight excluding hydrogens is 248 g/mol. The number of hydrogen-bond donors (Lipinski definition) is 1. The van der Waals surface area contributed by atoms with Crippen molar-refractivity contribution >= 4 is 11.6 Å². The molecule has 0 amide bonds. The van der Waals surface area contributed by atoms with Crippen molar-refractivity contribution in [3.8, 4) is 0 Å². The number of ether oxygens (including phenoxy) is 1. The average Bonchev–Trinajstić information content (AvgIpc) is 2.42. The summed E-state index contributed by atoms with van der Waals surface area (Å²) in [6.07, 6.45) is 5.64. The molecule has 1 atom stereocenters. The van der Waals surface area contributed by atoms with E-state index in [2.05, 4.69) is 0 Å². The predicted molar refractivity (Wildman–Crippen MR) is 74.0 cm³/mol. The number of hydrogen-bond acceptors (Lipinski definition) is 2. The molecule has 2 rings (SSSR count). The second-order valence-corrected chi connectivity index (χ2v) is 5.61. The standard InChI is InChI=1S/C15H21ClO2/c1-18-15(9-3-2-4-10-15)14(17)11-12-5-7-13(16)8-6-12/h5-8,14,17H,2-4,9-11H2,1H3. The number of benzene rings is 1. The van der Waals surface area contributed by atoms with Gasteiger partial charge in [0.1, 0.15) is 0 Å². The Labute approximate surface area is 114 Å². The summed E-state index contributed by atoms with van der Waals surface area (Å²) in [7, 11) is 1.72. The Kier molecular flexibility index (Phi) is 4.66. The third-order valence-electron chi connectivity index (χ3n) is 4.06. The zero-order valence-corrected chi connectivity index (χ0v) is 11.6. The van der Waals surface area contributed by atoms with E-state index in [1.54, 1.807) is 7.11 Å². The summed E-state index contributed by atoms with van der Waals surface area (Å²) in [4.78, 5) is 0. The Morgan fingerprint density at radius 2 is 1.83 bits per heavy atom. The molecule has 1 fully saturated rings. The van der Waals surface area contributed by atoms with Crippen molar-refractivity contribution in [1.29, 1.82) is 0 Å². The maximum atomic E-state index is 10.5. The molecule has 100 valence electrons. The van der Waals surface area contributed by atoms with Gasteiger partial charge in [0.15, 0.2) is 0 Å². The first-order valence-corrected chi connectivity index (χ1v) is 7.02. The van der Waals surface area contributed by atoms with Crippen LogP contribution in [0.3, 0.4) is 0 Å². The molecule has 0 spiro atoms. The van der Waals surface area contributed by atoms with E-state index in [9.17, 15) is 5.11 Å². The molecule has 0 saturated heterocycles. The highest BCUT2D eigenvalue weighted by Gasteiger charge is 2.38. The van der Waals surface area contributed by atoms with Crippen molar-refractivity contribution < 1.29 is 9.84 Å². The molecule has 1 aromatic rings. The SMILES string of the molecule is COC1(C(O)Cc2ccc(Cl)cc2)CCCCC1. The van der Waals surface area contributed by atoms with Gasteiger partial charge in [0.2, 0.25) is 0 Å². The first-order chi connectivity index (χ1) is 8.66. The van der Waals surface area contributed by atoms with E-state index < -0.39 is 6.10 Å². The van der Waals surface area contributed by atoms with Gasteiger partial charge in [-0.05, 0) is 30.5 Å². The fourth-order valence-corrected chi connectivity index (χ4v) is 2.98. The van der Waals surface area contributed by atoms with Gasteiger partial charge in [-0.3, -0.25) is 0 Å². The number of methoxy groups -OCH3 is 1. The molecule has 3 heteroatoms. The molecule has 1 aliphatic rings. The van der Waals surface area contributed by atoms with Crippen LogP contribution in [0.4, 0.5) is 0 Å². The van der Waals surface area contributed by atoms with Gasteiger partial charge < -0.3 is 9.84 Å². The van der Waals surface area contributed by atoms with Crippen LogP contribution in [-0.2, 0) is 11.2 Å². The van der Waals surface area contributed by atoms with Gasteiger partial charge in [-0.15, -0.1) is 0 Å². The lowest BCUT2D eigenvalue weighted by molar-refractivity contribution is -0.122. The summed E-state index contributed by atoms with van der Waals surface area (Å²) in [5.74, 6) is 0. The van der Waals surface area contributed by atoms with Gasteiger partial charge in [-0.25, -0.2) is 0 Å². The Bertz CT molecular complexity index is 369. The molecule has 2 nitrogen and oxygen atoms in total. The van der Waals surface area contributed by atoms with Crippen LogP contribution >= 0.6 is 11.6 Å². The summed E-state index contributed by atoms with van der Waals surface area (Å²) >= 11 is 5.86. The van der Waals surface area contributed by atoms with Crippen LogP contribution in [0.5, 0.6) is 0 Å². The zero-order chi connectivity index (χ0) is 13.0. The van der Waals surface area contributed by atoms with Gasteiger partial charge in [0.25, 0.3) is 0 Å². The van der Waals surface area contributed by atoms with Crippen LogP contribution in [0.2, 0.25) is 5.02 Å². The number of halogens is 1. The van der Waals surface area contributed by atoms with Crippen LogP contribution in [0.15, 0.2) is 24.3 Å². The molecule has 1 aliphatic carbocycles.